The molecule has 0 saturated carbocycles. The van der Waals surface area contributed by atoms with Crippen LogP contribution in [0.25, 0.3) is 11.3 Å². The normalized spacial score (nSPS) is 15.0. The van der Waals surface area contributed by atoms with Crippen molar-refractivity contribution in [3.63, 3.8) is 0 Å². The maximum atomic E-state index is 12.8. The highest BCUT2D eigenvalue weighted by molar-refractivity contribution is 7.99. The van der Waals surface area contributed by atoms with Crippen molar-refractivity contribution in [2.45, 2.75) is 24.7 Å². The Hall–Kier alpha value is -2.80. The fourth-order valence-corrected chi connectivity index (χ4v) is 3.78. The average Bonchev–Trinajstić information content (AvgIpc) is 2.65. The Labute approximate surface area is 154 Å². The van der Waals surface area contributed by atoms with Gasteiger partial charge in [0, 0.05) is 16.4 Å². The molecule has 2 heterocycles. The van der Waals surface area contributed by atoms with Gasteiger partial charge in [0.1, 0.15) is 5.75 Å². The number of thioether (sulfide) groups is 1. The van der Waals surface area contributed by atoms with Gasteiger partial charge in [-0.2, -0.15) is 0 Å². The Morgan fingerprint density at radius 1 is 1.23 bits per heavy atom. The van der Waals surface area contributed by atoms with Gasteiger partial charge in [0.2, 0.25) is 5.16 Å². The summed E-state index contributed by atoms with van der Waals surface area (Å²) in [6.07, 6.45) is 0.614. The Bertz CT molecular complexity index is 1020. The predicted molar refractivity (Wildman–Crippen MR) is 101 cm³/mol. The molecule has 132 valence electrons. The SMILES string of the molecule is CCCSc1n[n+]2c(c(=O)[nH]1)-c1ccccc1N[C@@H]2c1cccc(O)c1. The molecule has 26 heavy (non-hydrogen) atoms. The predicted octanol–water partition coefficient (Wildman–Crippen LogP) is 2.90. The Morgan fingerprint density at radius 2 is 2.08 bits per heavy atom. The summed E-state index contributed by atoms with van der Waals surface area (Å²) in [5, 5.41) is 18.6. The number of anilines is 1. The largest absolute Gasteiger partial charge is 0.508 e. The number of nitrogens with zero attached hydrogens (tertiary/aromatic N) is 2. The first-order chi connectivity index (χ1) is 12.7. The van der Waals surface area contributed by atoms with Gasteiger partial charge in [-0.3, -0.25) is 9.78 Å². The van der Waals surface area contributed by atoms with Gasteiger partial charge in [-0.05, 0) is 41.4 Å². The molecule has 1 aliphatic heterocycles. The Morgan fingerprint density at radius 3 is 2.88 bits per heavy atom. The van der Waals surface area contributed by atoms with Crippen LogP contribution in [-0.2, 0) is 0 Å². The van der Waals surface area contributed by atoms with Crippen LogP contribution >= 0.6 is 11.8 Å². The molecule has 0 fully saturated rings. The standard InChI is InChI=1S/C19H18N4O2S/c1-2-10-26-19-21-18(25)16-14-8-3-4-9-15(14)20-17(23(16)22-19)12-6-5-7-13(24)11-12/h3-9,11,17H,2,10H2,1H3,(H2,21,22,24,25)/p+1/t17-/m0/s1. The van der Waals surface area contributed by atoms with E-state index in [1.54, 1.807) is 22.9 Å². The molecule has 4 rings (SSSR count). The number of benzene rings is 2. The number of hydrogen-bond donors (Lipinski definition) is 3. The van der Waals surface area contributed by atoms with Crippen LogP contribution in [0.2, 0.25) is 0 Å². The highest BCUT2D eigenvalue weighted by Crippen LogP contribution is 2.32. The molecular formula is C19H19N4O2S+. The molecular weight excluding hydrogens is 348 g/mol. The summed E-state index contributed by atoms with van der Waals surface area (Å²) in [5.41, 5.74) is 2.84. The summed E-state index contributed by atoms with van der Waals surface area (Å²) >= 11 is 1.52. The van der Waals surface area contributed by atoms with Gasteiger partial charge < -0.3 is 10.4 Å². The van der Waals surface area contributed by atoms with E-state index in [2.05, 4.69) is 22.3 Å². The molecule has 0 saturated heterocycles. The van der Waals surface area contributed by atoms with Crippen LogP contribution in [0.4, 0.5) is 5.69 Å². The van der Waals surface area contributed by atoms with Crippen LogP contribution in [0.3, 0.4) is 0 Å². The number of rotatable bonds is 4. The van der Waals surface area contributed by atoms with Crippen LogP contribution in [0.1, 0.15) is 25.1 Å². The van der Waals surface area contributed by atoms with Crippen molar-refractivity contribution in [3.05, 3.63) is 64.4 Å². The second-order valence-corrected chi connectivity index (χ2v) is 7.17. The maximum Gasteiger partial charge on any atom is 0.325 e. The zero-order chi connectivity index (χ0) is 18.1. The zero-order valence-corrected chi connectivity index (χ0v) is 15.1. The average molecular weight is 367 g/mol. The van der Waals surface area contributed by atoms with Gasteiger partial charge in [0.25, 0.3) is 6.17 Å². The molecule has 1 aromatic heterocycles. The van der Waals surface area contributed by atoms with Crippen molar-refractivity contribution in [1.29, 1.82) is 0 Å². The van der Waals surface area contributed by atoms with E-state index in [4.69, 9.17) is 0 Å². The highest BCUT2D eigenvalue weighted by atomic mass is 32.2. The number of hydrogen-bond acceptors (Lipinski definition) is 5. The molecule has 7 heteroatoms. The lowest BCUT2D eigenvalue weighted by molar-refractivity contribution is -0.759. The summed E-state index contributed by atoms with van der Waals surface area (Å²) in [7, 11) is 0. The second kappa shape index (κ2) is 6.84. The minimum Gasteiger partial charge on any atom is -0.508 e. The zero-order valence-electron chi connectivity index (χ0n) is 14.3. The molecule has 3 aromatic rings. The lowest BCUT2D eigenvalue weighted by Gasteiger charge is -2.22. The molecule has 0 unspecified atom stereocenters. The number of nitrogens with one attached hydrogen (secondary N) is 2. The molecule has 1 atom stereocenters. The number of phenolic OH excluding ortho intramolecular Hbond substituents is 1. The quantitative estimate of drug-likeness (QED) is 0.488. The Kier molecular flexibility index (Phi) is 4.38. The van der Waals surface area contributed by atoms with E-state index in [1.807, 2.05) is 30.3 Å². The van der Waals surface area contributed by atoms with Crippen LogP contribution in [0.15, 0.2) is 58.5 Å². The number of aromatic amines is 1. The Balaban J connectivity index is 1.92. The molecule has 0 aliphatic carbocycles. The smallest absolute Gasteiger partial charge is 0.325 e. The molecule has 3 N–H and O–H groups in total. The van der Waals surface area contributed by atoms with Gasteiger partial charge in [-0.25, -0.2) is 0 Å². The molecule has 0 amide bonds. The van der Waals surface area contributed by atoms with Crippen molar-refractivity contribution < 1.29 is 9.79 Å². The van der Waals surface area contributed by atoms with Gasteiger partial charge in [-0.15, -0.1) is 0 Å². The first kappa shape index (κ1) is 16.7. The van der Waals surface area contributed by atoms with E-state index < -0.39 is 0 Å². The molecule has 0 bridgehead atoms. The van der Waals surface area contributed by atoms with E-state index in [9.17, 15) is 9.90 Å². The minimum atomic E-state index is -0.379. The van der Waals surface area contributed by atoms with Crippen molar-refractivity contribution in [1.82, 2.24) is 10.1 Å². The van der Waals surface area contributed by atoms with Crippen molar-refractivity contribution in [2.75, 3.05) is 11.1 Å². The van der Waals surface area contributed by atoms with Gasteiger partial charge in [0.05, 0.1) is 11.3 Å². The molecule has 0 radical (unpaired) electrons. The third-order valence-electron chi connectivity index (χ3n) is 4.21. The van der Waals surface area contributed by atoms with Crippen LogP contribution in [0.5, 0.6) is 5.75 Å². The van der Waals surface area contributed by atoms with Crippen LogP contribution < -0.4 is 15.6 Å². The summed E-state index contributed by atoms with van der Waals surface area (Å²) in [6.45, 7) is 2.09. The molecule has 6 nitrogen and oxygen atoms in total. The monoisotopic (exact) mass is 367 g/mol. The van der Waals surface area contributed by atoms with Gasteiger partial charge in [-0.1, -0.05) is 36.9 Å². The van der Waals surface area contributed by atoms with E-state index in [0.29, 0.717) is 10.9 Å². The number of aromatic nitrogens is 3. The maximum absolute atomic E-state index is 12.8. The van der Waals surface area contributed by atoms with E-state index in [0.717, 1.165) is 29.0 Å². The lowest BCUT2D eigenvalue weighted by atomic mass is 10.0. The fourth-order valence-electron chi connectivity index (χ4n) is 3.07. The van der Waals surface area contributed by atoms with Crippen LogP contribution in [0, 0.1) is 0 Å². The number of para-hydroxylation sites is 1. The molecule has 2 aromatic carbocycles. The van der Waals surface area contributed by atoms with Crippen molar-refractivity contribution in [2.24, 2.45) is 0 Å². The van der Waals surface area contributed by atoms with E-state index >= 15 is 0 Å². The molecule has 0 spiro atoms. The lowest BCUT2D eigenvalue weighted by Crippen LogP contribution is -2.55. The van der Waals surface area contributed by atoms with Crippen molar-refractivity contribution >= 4 is 17.4 Å². The van der Waals surface area contributed by atoms with E-state index in [-0.39, 0.29) is 17.5 Å². The third kappa shape index (κ3) is 2.94. The summed E-state index contributed by atoms with van der Waals surface area (Å²) in [6, 6.07) is 14.7. The first-order valence-electron chi connectivity index (χ1n) is 8.51. The number of fused-ring (bicyclic) bond motifs is 3. The van der Waals surface area contributed by atoms with Gasteiger partial charge in [0.15, 0.2) is 0 Å². The number of aromatic hydroxyl groups is 1. The topological polar surface area (TPSA) is 81.9 Å². The summed E-state index contributed by atoms with van der Waals surface area (Å²) in [5.74, 6) is 1.05. The highest BCUT2D eigenvalue weighted by Gasteiger charge is 2.37. The number of phenols is 1. The van der Waals surface area contributed by atoms with Crippen LogP contribution in [-0.4, -0.2) is 20.9 Å². The number of H-pyrrole nitrogens is 1. The molecule has 1 aliphatic rings. The summed E-state index contributed by atoms with van der Waals surface area (Å²) < 4.78 is 1.72. The first-order valence-corrected chi connectivity index (χ1v) is 9.49. The van der Waals surface area contributed by atoms with Gasteiger partial charge >= 0.3 is 11.3 Å². The minimum absolute atomic E-state index is 0.169. The second-order valence-electron chi connectivity index (χ2n) is 6.09. The summed E-state index contributed by atoms with van der Waals surface area (Å²) in [4.78, 5) is 15.7. The fraction of sp³-hybridized carbons (Fsp3) is 0.211. The van der Waals surface area contributed by atoms with E-state index in [1.165, 1.54) is 11.8 Å². The van der Waals surface area contributed by atoms with Crippen molar-refractivity contribution in [3.8, 4) is 17.0 Å². The third-order valence-corrected chi connectivity index (χ3v) is 5.28.